The number of benzene rings is 2. The third-order valence-electron chi connectivity index (χ3n) is 7.50. The maximum atomic E-state index is 13.8. The zero-order valence-electron chi connectivity index (χ0n) is 23.7. The first kappa shape index (κ1) is 29.9. The Hall–Kier alpha value is -3.65. The number of aryl methyl sites for hydroxylation is 1. The molecule has 1 heterocycles. The first-order valence-electron chi connectivity index (χ1n) is 13.3. The summed E-state index contributed by atoms with van der Waals surface area (Å²) in [7, 11) is 0. The number of likely N-dealkylation sites (tertiary alicyclic amines) is 1. The molecule has 1 fully saturated rings. The third kappa shape index (κ3) is 6.68. The molecule has 8 nitrogen and oxygen atoms in total. The second kappa shape index (κ2) is 12.0. The van der Waals surface area contributed by atoms with E-state index in [1.54, 1.807) is 26.0 Å². The number of carbonyl (C=O) groups is 3. The minimum Gasteiger partial charge on any atom is -0.508 e. The van der Waals surface area contributed by atoms with E-state index in [-0.39, 0.29) is 36.1 Å². The van der Waals surface area contributed by atoms with Crippen LogP contribution in [0.5, 0.6) is 5.75 Å². The fraction of sp³-hybridized carbons (Fsp3) is 0.452. The number of rotatable bonds is 9. The van der Waals surface area contributed by atoms with E-state index in [2.05, 4.69) is 17.2 Å². The summed E-state index contributed by atoms with van der Waals surface area (Å²) in [6.07, 6.45) is -1.45. The molecule has 0 spiro atoms. The summed E-state index contributed by atoms with van der Waals surface area (Å²) in [6, 6.07) is 10.6. The van der Waals surface area contributed by atoms with E-state index in [9.17, 15) is 24.6 Å². The smallest absolute Gasteiger partial charge is 0.254 e. The minimum absolute atomic E-state index is 0.00977. The fourth-order valence-electron chi connectivity index (χ4n) is 4.93. The van der Waals surface area contributed by atoms with Crippen LogP contribution >= 0.6 is 0 Å². The number of carbonyl (C=O) groups excluding carboxylic acids is 3. The largest absolute Gasteiger partial charge is 0.508 e. The van der Waals surface area contributed by atoms with Gasteiger partial charge in [-0.2, -0.15) is 0 Å². The number of amides is 3. The lowest BCUT2D eigenvalue weighted by Gasteiger charge is -2.34. The molecule has 0 unspecified atom stereocenters. The standard InChI is InChI=1S/C31H41N3O5/c1-18(2)16-32-29(38)27-31(6,7)20(4)17-34(27)30(39)26(36)24(15-22-11-9-8-10-12-22)33-28(37)23-13-19(3)14-25(35)21(23)5/h8-14,18,24,26-27,35-36H,4,15-17H2,1-3,5-7H3,(H,32,38)(H,33,37)/t24-,26-,27+/m0/s1. The molecule has 0 saturated carbocycles. The van der Waals surface area contributed by atoms with Gasteiger partial charge in [0.15, 0.2) is 6.10 Å². The minimum atomic E-state index is -1.63. The lowest BCUT2D eigenvalue weighted by molar-refractivity contribution is -0.148. The van der Waals surface area contributed by atoms with Gasteiger partial charge < -0.3 is 25.7 Å². The van der Waals surface area contributed by atoms with Crippen LogP contribution in [0.3, 0.4) is 0 Å². The summed E-state index contributed by atoms with van der Waals surface area (Å²) in [6.45, 7) is 15.8. The molecule has 0 bridgehead atoms. The van der Waals surface area contributed by atoms with Crippen molar-refractivity contribution in [1.82, 2.24) is 15.5 Å². The van der Waals surface area contributed by atoms with Crippen LogP contribution in [0.4, 0.5) is 0 Å². The molecule has 1 aliphatic rings. The van der Waals surface area contributed by atoms with E-state index in [1.165, 1.54) is 4.90 Å². The Bertz CT molecular complexity index is 1240. The van der Waals surface area contributed by atoms with Crippen LogP contribution in [0.15, 0.2) is 54.6 Å². The highest BCUT2D eigenvalue weighted by Crippen LogP contribution is 2.40. The summed E-state index contributed by atoms with van der Waals surface area (Å²) in [4.78, 5) is 41.8. The Morgan fingerprint density at radius 1 is 1.13 bits per heavy atom. The monoisotopic (exact) mass is 535 g/mol. The molecule has 3 amide bonds. The van der Waals surface area contributed by atoms with Crippen molar-refractivity contribution >= 4 is 17.7 Å². The first-order chi connectivity index (χ1) is 18.2. The van der Waals surface area contributed by atoms with Crippen LogP contribution in [0, 0.1) is 25.2 Å². The van der Waals surface area contributed by atoms with Crippen molar-refractivity contribution in [3.8, 4) is 5.75 Å². The van der Waals surface area contributed by atoms with E-state index in [0.717, 1.165) is 5.56 Å². The van der Waals surface area contributed by atoms with Crippen LogP contribution in [0.1, 0.15) is 54.7 Å². The zero-order valence-corrected chi connectivity index (χ0v) is 23.7. The second-order valence-electron chi connectivity index (χ2n) is 11.5. The highest BCUT2D eigenvalue weighted by Gasteiger charge is 2.51. The number of aromatic hydroxyl groups is 1. The molecule has 1 saturated heterocycles. The third-order valence-corrected chi connectivity index (χ3v) is 7.50. The number of hydrogen-bond donors (Lipinski definition) is 4. The van der Waals surface area contributed by atoms with Gasteiger partial charge in [-0.15, -0.1) is 0 Å². The molecule has 2 aromatic rings. The topological polar surface area (TPSA) is 119 Å². The van der Waals surface area contributed by atoms with Crippen molar-refractivity contribution in [3.05, 3.63) is 76.9 Å². The van der Waals surface area contributed by atoms with E-state index in [1.807, 2.05) is 58.0 Å². The van der Waals surface area contributed by atoms with Gasteiger partial charge in [0.2, 0.25) is 5.91 Å². The maximum Gasteiger partial charge on any atom is 0.254 e. The van der Waals surface area contributed by atoms with E-state index < -0.39 is 35.4 Å². The Balaban J connectivity index is 1.93. The van der Waals surface area contributed by atoms with Crippen LogP contribution in [-0.4, -0.2) is 64.1 Å². The van der Waals surface area contributed by atoms with Gasteiger partial charge in [0, 0.05) is 29.6 Å². The number of phenolic OH excluding ortho intramolecular Hbond substituents is 1. The Morgan fingerprint density at radius 3 is 2.38 bits per heavy atom. The summed E-state index contributed by atoms with van der Waals surface area (Å²) >= 11 is 0. The normalized spacial score (nSPS) is 18.1. The van der Waals surface area contributed by atoms with Gasteiger partial charge in [0.05, 0.1) is 6.04 Å². The Labute approximate surface area is 231 Å². The first-order valence-corrected chi connectivity index (χ1v) is 13.3. The van der Waals surface area contributed by atoms with Gasteiger partial charge in [-0.1, -0.05) is 64.6 Å². The van der Waals surface area contributed by atoms with Crippen LogP contribution in [-0.2, 0) is 16.0 Å². The van der Waals surface area contributed by atoms with Gasteiger partial charge in [-0.05, 0) is 55.0 Å². The quantitative estimate of drug-likeness (QED) is 0.368. The number of nitrogens with zero attached hydrogens (tertiary/aromatic N) is 1. The van der Waals surface area contributed by atoms with Crippen molar-refractivity contribution in [3.63, 3.8) is 0 Å². The molecular formula is C31H41N3O5. The van der Waals surface area contributed by atoms with E-state index >= 15 is 0 Å². The van der Waals surface area contributed by atoms with Gasteiger partial charge in [0.1, 0.15) is 11.8 Å². The number of aliphatic hydroxyl groups excluding tert-OH is 1. The molecule has 210 valence electrons. The molecule has 0 aliphatic carbocycles. The van der Waals surface area contributed by atoms with Gasteiger partial charge in [-0.25, -0.2) is 0 Å². The van der Waals surface area contributed by atoms with Crippen molar-refractivity contribution in [2.75, 3.05) is 13.1 Å². The second-order valence-corrected chi connectivity index (χ2v) is 11.5. The van der Waals surface area contributed by atoms with Crippen LogP contribution < -0.4 is 10.6 Å². The molecule has 39 heavy (non-hydrogen) atoms. The number of hydrogen-bond acceptors (Lipinski definition) is 5. The molecule has 0 aromatic heterocycles. The van der Waals surface area contributed by atoms with Crippen molar-refractivity contribution < 1.29 is 24.6 Å². The molecule has 0 radical (unpaired) electrons. The maximum absolute atomic E-state index is 13.8. The molecular weight excluding hydrogens is 494 g/mol. The predicted molar refractivity (Wildman–Crippen MR) is 151 cm³/mol. The summed E-state index contributed by atoms with van der Waals surface area (Å²) < 4.78 is 0. The predicted octanol–water partition coefficient (Wildman–Crippen LogP) is 3.28. The number of aliphatic hydroxyl groups is 1. The Morgan fingerprint density at radius 2 is 1.77 bits per heavy atom. The van der Waals surface area contributed by atoms with Gasteiger partial charge >= 0.3 is 0 Å². The lowest BCUT2D eigenvalue weighted by Crippen LogP contribution is -2.57. The molecule has 4 N–H and O–H groups in total. The van der Waals surface area contributed by atoms with E-state index in [0.29, 0.717) is 23.2 Å². The van der Waals surface area contributed by atoms with Crippen molar-refractivity contribution in [2.45, 2.75) is 66.2 Å². The Kier molecular flexibility index (Phi) is 9.22. The molecule has 2 aromatic carbocycles. The lowest BCUT2D eigenvalue weighted by atomic mass is 9.81. The van der Waals surface area contributed by atoms with Crippen LogP contribution in [0.25, 0.3) is 0 Å². The highest BCUT2D eigenvalue weighted by atomic mass is 16.3. The summed E-state index contributed by atoms with van der Waals surface area (Å²) in [5, 5.41) is 27.4. The van der Waals surface area contributed by atoms with Gasteiger partial charge in [0.25, 0.3) is 11.8 Å². The van der Waals surface area contributed by atoms with Gasteiger partial charge in [-0.3, -0.25) is 14.4 Å². The van der Waals surface area contributed by atoms with Crippen molar-refractivity contribution in [2.24, 2.45) is 11.3 Å². The molecule has 3 rings (SSSR count). The number of phenols is 1. The summed E-state index contributed by atoms with van der Waals surface area (Å²) in [5.41, 5.74) is 2.18. The van der Waals surface area contributed by atoms with E-state index in [4.69, 9.17) is 0 Å². The molecule has 8 heteroatoms. The fourth-order valence-corrected chi connectivity index (χ4v) is 4.93. The zero-order chi connectivity index (χ0) is 29.1. The highest BCUT2D eigenvalue weighted by molar-refractivity contribution is 5.97. The average molecular weight is 536 g/mol. The average Bonchev–Trinajstić information content (AvgIpc) is 3.12. The number of nitrogens with one attached hydrogen (secondary N) is 2. The van der Waals surface area contributed by atoms with Crippen LogP contribution in [0.2, 0.25) is 0 Å². The van der Waals surface area contributed by atoms with Crippen molar-refractivity contribution in [1.29, 1.82) is 0 Å². The summed E-state index contributed by atoms with van der Waals surface area (Å²) in [5.74, 6) is -1.26. The SMILES string of the molecule is C=C1CN(C(=O)[C@@H](O)[C@H](Cc2ccccc2)NC(=O)c2cc(C)cc(O)c2C)[C@H](C(=O)NCC(C)C)C1(C)C. The molecule has 1 aliphatic heterocycles. The molecule has 3 atom stereocenters.